The van der Waals surface area contributed by atoms with Gasteiger partial charge in [-0.15, -0.1) is 0 Å². The number of nitrogens with zero attached hydrogens (tertiary/aromatic N) is 2. The zero-order chi connectivity index (χ0) is 20.3. The second-order valence-corrected chi connectivity index (χ2v) is 11.7. The Hall–Kier alpha value is -1.60. The molecule has 0 bridgehead atoms. The van der Waals surface area contributed by atoms with Crippen molar-refractivity contribution in [2.24, 2.45) is 0 Å². The number of anilines is 1. The summed E-state index contributed by atoms with van der Waals surface area (Å²) in [5.41, 5.74) is 6.29. The van der Waals surface area contributed by atoms with Crippen LogP contribution in [0.4, 0.5) is 5.69 Å². The second kappa shape index (κ2) is 8.82. The number of benzene rings is 1. The fraction of sp³-hybridized carbons (Fsp3) is 0.545. The normalized spacial score (nSPS) is 14.2. The SMILES string of the molecule is CN(CCO[SiH2]C(C)(C)C)c1ccc(-c2c(CO)c(CO)c3n2CCC3)cc1. The Balaban J connectivity index is 1.73. The lowest BCUT2D eigenvalue weighted by molar-refractivity contribution is 0.260. The molecular formula is C22H34N2O3Si. The predicted octanol–water partition coefficient (Wildman–Crippen LogP) is 2.84. The van der Waals surface area contributed by atoms with Crippen molar-refractivity contribution in [3.63, 3.8) is 0 Å². The van der Waals surface area contributed by atoms with Gasteiger partial charge < -0.3 is 24.1 Å². The monoisotopic (exact) mass is 402 g/mol. The number of fused-ring (bicyclic) bond motifs is 1. The van der Waals surface area contributed by atoms with Crippen molar-refractivity contribution in [1.29, 1.82) is 0 Å². The van der Waals surface area contributed by atoms with Crippen LogP contribution in [0.15, 0.2) is 24.3 Å². The maximum absolute atomic E-state index is 9.93. The molecule has 0 fully saturated rings. The van der Waals surface area contributed by atoms with E-state index in [9.17, 15) is 10.2 Å². The highest BCUT2D eigenvalue weighted by atomic mass is 28.2. The van der Waals surface area contributed by atoms with Gasteiger partial charge in [0.15, 0.2) is 9.76 Å². The molecule has 0 atom stereocenters. The third-order valence-electron chi connectivity index (χ3n) is 5.39. The number of rotatable bonds is 8. The lowest BCUT2D eigenvalue weighted by atomic mass is 10.0. The van der Waals surface area contributed by atoms with Gasteiger partial charge in [-0.05, 0) is 35.6 Å². The van der Waals surface area contributed by atoms with Gasteiger partial charge in [-0.1, -0.05) is 32.9 Å². The van der Waals surface area contributed by atoms with Crippen molar-refractivity contribution in [1.82, 2.24) is 4.57 Å². The van der Waals surface area contributed by atoms with Gasteiger partial charge in [0.2, 0.25) is 0 Å². The molecule has 3 rings (SSSR count). The zero-order valence-corrected chi connectivity index (χ0v) is 19.1. The van der Waals surface area contributed by atoms with Crippen molar-refractivity contribution in [2.45, 2.75) is 58.4 Å². The standard InChI is InChI=1S/C22H34N2O3Si/c1-22(2,3)28-27-13-12-23(4)17-9-7-16(8-10-17)21-19(15-26)18(14-25)20-6-5-11-24(20)21/h7-10,25-26H,5-6,11-15,28H2,1-4H3. The number of aliphatic hydroxyl groups is 2. The van der Waals surface area contributed by atoms with Crippen LogP contribution in [0, 0.1) is 0 Å². The van der Waals surface area contributed by atoms with Gasteiger partial charge in [0, 0.05) is 42.6 Å². The molecule has 1 aromatic heterocycles. The Morgan fingerprint density at radius 3 is 2.39 bits per heavy atom. The topological polar surface area (TPSA) is 57.9 Å². The zero-order valence-electron chi connectivity index (χ0n) is 17.7. The van der Waals surface area contributed by atoms with Gasteiger partial charge in [-0.2, -0.15) is 0 Å². The molecular weight excluding hydrogens is 368 g/mol. The van der Waals surface area contributed by atoms with E-state index >= 15 is 0 Å². The number of likely N-dealkylation sites (N-methyl/N-ethyl adjacent to an activating group) is 1. The first-order chi connectivity index (χ1) is 13.4. The average molecular weight is 403 g/mol. The molecule has 154 valence electrons. The van der Waals surface area contributed by atoms with Gasteiger partial charge >= 0.3 is 0 Å². The molecule has 0 saturated heterocycles. The second-order valence-electron chi connectivity index (χ2n) is 8.91. The van der Waals surface area contributed by atoms with E-state index in [-0.39, 0.29) is 13.2 Å². The van der Waals surface area contributed by atoms with Crippen LogP contribution in [-0.4, -0.2) is 44.7 Å². The Morgan fingerprint density at radius 2 is 1.79 bits per heavy atom. The summed E-state index contributed by atoms with van der Waals surface area (Å²) in [5.74, 6) is 0. The van der Waals surface area contributed by atoms with E-state index in [4.69, 9.17) is 4.43 Å². The Morgan fingerprint density at radius 1 is 1.11 bits per heavy atom. The van der Waals surface area contributed by atoms with Crippen LogP contribution in [0.3, 0.4) is 0 Å². The lowest BCUT2D eigenvalue weighted by Gasteiger charge is -2.22. The highest BCUT2D eigenvalue weighted by molar-refractivity contribution is 6.31. The summed E-state index contributed by atoms with van der Waals surface area (Å²) < 4.78 is 8.20. The minimum absolute atomic E-state index is 0.00999. The molecule has 2 heterocycles. The number of hydrogen-bond acceptors (Lipinski definition) is 4. The van der Waals surface area contributed by atoms with Crippen molar-refractivity contribution in [2.75, 3.05) is 25.1 Å². The molecule has 0 aliphatic carbocycles. The summed E-state index contributed by atoms with van der Waals surface area (Å²) >= 11 is 0. The van der Waals surface area contributed by atoms with Gasteiger partial charge in [0.1, 0.15) is 0 Å². The summed E-state index contributed by atoms with van der Waals surface area (Å²) in [5, 5.41) is 20.1. The highest BCUT2D eigenvalue weighted by Crippen LogP contribution is 2.36. The van der Waals surface area contributed by atoms with Crippen molar-refractivity contribution in [3.05, 3.63) is 41.1 Å². The van der Waals surface area contributed by atoms with Crippen LogP contribution >= 0.6 is 0 Å². The van der Waals surface area contributed by atoms with Gasteiger partial charge in [0.25, 0.3) is 0 Å². The molecule has 0 saturated carbocycles. The first-order valence-corrected chi connectivity index (χ1v) is 11.5. The van der Waals surface area contributed by atoms with Crippen LogP contribution in [0.1, 0.15) is 44.0 Å². The summed E-state index contributed by atoms with van der Waals surface area (Å²) in [6.45, 7) is 9.26. The van der Waals surface area contributed by atoms with Crippen molar-refractivity contribution in [3.8, 4) is 11.3 Å². The van der Waals surface area contributed by atoms with Crippen molar-refractivity contribution >= 4 is 15.5 Å². The maximum Gasteiger partial charge on any atom is 0.166 e. The van der Waals surface area contributed by atoms with Gasteiger partial charge in [-0.3, -0.25) is 0 Å². The quantitative estimate of drug-likeness (QED) is 0.527. The Bertz CT molecular complexity index is 794. The fourth-order valence-electron chi connectivity index (χ4n) is 3.98. The molecule has 0 amide bonds. The molecule has 2 aromatic rings. The van der Waals surface area contributed by atoms with E-state index in [1.54, 1.807) is 0 Å². The smallest absolute Gasteiger partial charge is 0.166 e. The van der Waals surface area contributed by atoms with Crippen LogP contribution in [0.25, 0.3) is 11.3 Å². The predicted molar refractivity (Wildman–Crippen MR) is 118 cm³/mol. The van der Waals surface area contributed by atoms with E-state index in [0.717, 1.165) is 60.6 Å². The number of hydrogen-bond donors (Lipinski definition) is 2. The molecule has 6 heteroatoms. The van der Waals surface area contributed by atoms with E-state index in [1.165, 1.54) is 5.69 Å². The highest BCUT2D eigenvalue weighted by Gasteiger charge is 2.25. The Labute approximate surface area is 170 Å². The minimum atomic E-state index is -0.501. The minimum Gasteiger partial charge on any atom is -0.422 e. The molecule has 5 nitrogen and oxygen atoms in total. The maximum atomic E-state index is 9.93. The fourth-order valence-corrected chi connectivity index (χ4v) is 4.87. The van der Waals surface area contributed by atoms with Crippen molar-refractivity contribution < 1.29 is 14.6 Å². The molecule has 1 aromatic carbocycles. The van der Waals surface area contributed by atoms with Gasteiger partial charge in [-0.25, -0.2) is 0 Å². The largest absolute Gasteiger partial charge is 0.422 e. The average Bonchev–Trinajstić information content (AvgIpc) is 3.24. The number of aliphatic hydroxyl groups excluding tert-OH is 2. The third kappa shape index (κ3) is 4.51. The molecule has 0 spiro atoms. The Kier molecular flexibility index (Phi) is 6.65. The van der Waals surface area contributed by atoms with Crippen LogP contribution in [0.2, 0.25) is 5.04 Å². The molecule has 0 radical (unpaired) electrons. The first kappa shape index (κ1) is 21.1. The molecule has 28 heavy (non-hydrogen) atoms. The number of aromatic nitrogens is 1. The molecule has 1 aliphatic rings. The molecule has 0 unspecified atom stereocenters. The summed E-state index contributed by atoms with van der Waals surface area (Å²) in [4.78, 5) is 2.22. The van der Waals surface area contributed by atoms with Crippen LogP contribution < -0.4 is 4.90 Å². The lowest BCUT2D eigenvalue weighted by Crippen LogP contribution is -2.24. The van der Waals surface area contributed by atoms with E-state index < -0.39 is 9.76 Å². The summed E-state index contributed by atoms with van der Waals surface area (Å²) in [6, 6.07) is 8.51. The first-order valence-electron chi connectivity index (χ1n) is 10.2. The van der Waals surface area contributed by atoms with Gasteiger partial charge in [0.05, 0.1) is 25.5 Å². The molecule has 2 N–H and O–H groups in total. The summed E-state index contributed by atoms with van der Waals surface area (Å²) in [7, 11) is 1.59. The molecule has 1 aliphatic heterocycles. The summed E-state index contributed by atoms with van der Waals surface area (Å²) in [6.07, 6.45) is 2.07. The van der Waals surface area contributed by atoms with Crippen LogP contribution in [-0.2, 0) is 30.6 Å². The third-order valence-corrected chi connectivity index (χ3v) is 6.75. The van der Waals surface area contributed by atoms with Crippen LogP contribution in [0.5, 0.6) is 0 Å². The van der Waals surface area contributed by atoms with E-state index in [0.29, 0.717) is 5.04 Å². The van der Waals surface area contributed by atoms with E-state index in [1.807, 2.05) is 0 Å². The van der Waals surface area contributed by atoms with E-state index in [2.05, 4.69) is 61.6 Å².